The quantitative estimate of drug-likeness (QED) is 0.876. The Morgan fingerprint density at radius 3 is 3.00 bits per heavy atom. The van der Waals surface area contributed by atoms with Crippen molar-refractivity contribution in [1.82, 2.24) is 4.98 Å². The number of amides is 1. The maximum atomic E-state index is 12.4. The molecule has 2 aromatic rings. The average Bonchev–Trinajstić information content (AvgIpc) is 2.57. The van der Waals surface area contributed by atoms with Crippen molar-refractivity contribution >= 4 is 17.6 Å². The van der Waals surface area contributed by atoms with E-state index >= 15 is 0 Å². The zero-order valence-electron chi connectivity index (χ0n) is 12.6. The Bertz CT molecular complexity index is 745. The molecule has 0 saturated heterocycles. The first-order chi connectivity index (χ1) is 11.2. The van der Waals surface area contributed by atoms with Crippen LogP contribution in [0.2, 0.25) is 0 Å². The molecular formula is C17H16N2O4. The number of rotatable bonds is 4. The van der Waals surface area contributed by atoms with Crippen LogP contribution in [0.5, 0.6) is 5.88 Å². The van der Waals surface area contributed by atoms with E-state index in [0.29, 0.717) is 30.2 Å². The van der Waals surface area contributed by atoms with Gasteiger partial charge >= 0.3 is 5.97 Å². The van der Waals surface area contributed by atoms with Gasteiger partial charge in [-0.3, -0.25) is 4.79 Å². The summed E-state index contributed by atoms with van der Waals surface area (Å²) >= 11 is 0. The van der Waals surface area contributed by atoms with Gasteiger partial charge in [-0.15, -0.1) is 0 Å². The summed E-state index contributed by atoms with van der Waals surface area (Å²) < 4.78 is 10.6. The Labute approximate surface area is 133 Å². The Balaban J connectivity index is 1.76. The lowest BCUT2D eigenvalue weighted by Gasteiger charge is -2.24. The van der Waals surface area contributed by atoms with Crippen molar-refractivity contribution < 1.29 is 19.1 Å². The molecular weight excluding hydrogens is 296 g/mol. The maximum absolute atomic E-state index is 12.4. The largest absolute Gasteiger partial charge is 0.476 e. The summed E-state index contributed by atoms with van der Waals surface area (Å²) in [7, 11) is 0. The predicted molar refractivity (Wildman–Crippen MR) is 83.4 cm³/mol. The number of pyridine rings is 1. The molecule has 6 heteroatoms. The normalized spacial score (nSPS) is 16.2. The van der Waals surface area contributed by atoms with Gasteiger partial charge in [0, 0.05) is 12.6 Å². The summed E-state index contributed by atoms with van der Waals surface area (Å²) in [5, 5.41) is 2.71. The minimum absolute atomic E-state index is 0.339. The van der Waals surface area contributed by atoms with Gasteiger partial charge < -0.3 is 14.8 Å². The molecule has 1 atom stereocenters. The highest BCUT2D eigenvalue weighted by molar-refractivity contribution is 6.00. The minimum Gasteiger partial charge on any atom is -0.476 e. The molecule has 1 aliphatic heterocycles. The lowest BCUT2D eigenvalue weighted by Crippen LogP contribution is -2.38. The summed E-state index contributed by atoms with van der Waals surface area (Å²) in [6.45, 7) is 2.27. The fourth-order valence-corrected chi connectivity index (χ4v) is 2.43. The van der Waals surface area contributed by atoms with Crippen LogP contribution in [-0.4, -0.2) is 29.6 Å². The van der Waals surface area contributed by atoms with Crippen molar-refractivity contribution in [3.63, 3.8) is 0 Å². The minimum atomic E-state index is -0.868. The summed E-state index contributed by atoms with van der Waals surface area (Å²) in [5.74, 6) is -0.545. The number of fused-ring (bicyclic) bond motifs is 1. The highest BCUT2D eigenvalue weighted by Gasteiger charge is 2.31. The van der Waals surface area contributed by atoms with Crippen LogP contribution in [0.25, 0.3) is 0 Å². The van der Waals surface area contributed by atoms with Crippen LogP contribution in [0.1, 0.15) is 22.8 Å². The topological polar surface area (TPSA) is 77.5 Å². The van der Waals surface area contributed by atoms with Gasteiger partial charge in [0.05, 0.1) is 12.2 Å². The lowest BCUT2D eigenvalue weighted by atomic mass is 9.98. The van der Waals surface area contributed by atoms with Crippen molar-refractivity contribution in [2.75, 3.05) is 11.9 Å². The molecule has 3 rings (SSSR count). The second kappa shape index (κ2) is 6.48. The summed E-state index contributed by atoms with van der Waals surface area (Å²) in [6, 6.07) is 10.5. The highest BCUT2D eigenvalue weighted by atomic mass is 16.5. The van der Waals surface area contributed by atoms with Gasteiger partial charge in [-0.1, -0.05) is 18.2 Å². The fourth-order valence-electron chi connectivity index (χ4n) is 2.43. The van der Waals surface area contributed by atoms with Crippen molar-refractivity contribution in [1.29, 1.82) is 0 Å². The van der Waals surface area contributed by atoms with E-state index in [2.05, 4.69) is 10.3 Å². The fraction of sp³-hybridized carbons (Fsp3) is 0.235. The molecule has 118 valence electrons. The number of benzene rings is 1. The van der Waals surface area contributed by atoms with Crippen molar-refractivity contribution in [2.24, 2.45) is 0 Å². The van der Waals surface area contributed by atoms with E-state index in [1.807, 2.05) is 19.1 Å². The molecule has 6 nitrogen and oxygen atoms in total. The number of nitrogens with one attached hydrogen (secondary N) is 1. The first-order valence-electron chi connectivity index (χ1n) is 7.36. The number of ether oxygens (including phenoxy) is 2. The Hall–Kier alpha value is -2.89. The third kappa shape index (κ3) is 3.15. The van der Waals surface area contributed by atoms with Gasteiger partial charge in [0.2, 0.25) is 5.88 Å². The molecule has 0 unspecified atom stereocenters. The van der Waals surface area contributed by atoms with Gasteiger partial charge in [0.15, 0.2) is 6.10 Å². The van der Waals surface area contributed by atoms with Crippen LogP contribution in [0, 0.1) is 0 Å². The zero-order valence-corrected chi connectivity index (χ0v) is 12.6. The predicted octanol–water partition coefficient (Wildman–Crippen LogP) is 2.20. The van der Waals surface area contributed by atoms with Gasteiger partial charge in [-0.05, 0) is 30.7 Å². The molecule has 1 aromatic carbocycles. The van der Waals surface area contributed by atoms with E-state index in [9.17, 15) is 9.59 Å². The molecule has 0 spiro atoms. The Kier molecular flexibility index (Phi) is 4.23. The van der Waals surface area contributed by atoms with Crippen molar-refractivity contribution in [3.05, 3.63) is 53.7 Å². The smallest absolute Gasteiger partial charge is 0.339 e. The maximum Gasteiger partial charge on any atom is 0.339 e. The van der Waals surface area contributed by atoms with E-state index in [-0.39, 0.29) is 0 Å². The van der Waals surface area contributed by atoms with E-state index in [4.69, 9.17) is 9.47 Å². The summed E-state index contributed by atoms with van der Waals surface area (Å²) in [5.41, 5.74) is 1.77. The molecule has 1 aliphatic rings. The van der Waals surface area contributed by atoms with Gasteiger partial charge in [-0.2, -0.15) is 0 Å². The Morgan fingerprint density at radius 1 is 1.35 bits per heavy atom. The number of carbonyl (C=O) groups is 2. The van der Waals surface area contributed by atoms with Gasteiger partial charge in [-0.25, -0.2) is 9.78 Å². The molecule has 1 N–H and O–H groups in total. The first kappa shape index (κ1) is 15.0. The van der Waals surface area contributed by atoms with Gasteiger partial charge in [0.1, 0.15) is 5.69 Å². The monoisotopic (exact) mass is 312 g/mol. The molecule has 0 fully saturated rings. The van der Waals surface area contributed by atoms with Crippen LogP contribution in [-0.2, 0) is 16.0 Å². The number of anilines is 1. The molecule has 1 aromatic heterocycles. The van der Waals surface area contributed by atoms with Crippen molar-refractivity contribution in [2.45, 2.75) is 19.4 Å². The van der Waals surface area contributed by atoms with Crippen LogP contribution in [0.15, 0.2) is 42.6 Å². The zero-order chi connectivity index (χ0) is 16.2. The van der Waals surface area contributed by atoms with Crippen LogP contribution >= 0.6 is 0 Å². The van der Waals surface area contributed by atoms with E-state index in [1.54, 1.807) is 30.5 Å². The molecule has 0 saturated carbocycles. The SMILES string of the molecule is CCOc1ncccc1NC(=O)[C@H]1Cc2ccccc2C(=O)O1. The van der Waals surface area contributed by atoms with E-state index in [0.717, 1.165) is 5.56 Å². The lowest BCUT2D eigenvalue weighted by molar-refractivity contribution is -0.125. The number of carbonyl (C=O) groups excluding carboxylic acids is 2. The molecule has 1 amide bonds. The molecule has 0 aliphatic carbocycles. The van der Waals surface area contributed by atoms with E-state index < -0.39 is 18.0 Å². The first-order valence-corrected chi connectivity index (χ1v) is 7.36. The van der Waals surface area contributed by atoms with Crippen LogP contribution in [0.3, 0.4) is 0 Å². The number of hydrogen-bond acceptors (Lipinski definition) is 5. The van der Waals surface area contributed by atoms with Crippen molar-refractivity contribution in [3.8, 4) is 5.88 Å². The van der Waals surface area contributed by atoms with Crippen LogP contribution < -0.4 is 10.1 Å². The summed E-state index contributed by atoms with van der Waals surface area (Å²) in [6.07, 6.45) is 1.06. The number of esters is 1. The number of nitrogens with zero attached hydrogens (tertiary/aromatic N) is 1. The standard InChI is InChI=1S/C17H16N2O4/c1-2-22-16-13(8-5-9-18-16)19-15(20)14-10-11-6-3-4-7-12(11)17(21)23-14/h3-9,14H,2,10H2,1H3,(H,19,20)/t14-/m1/s1. The number of cyclic esters (lactones) is 1. The third-order valence-corrected chi connectivity index (χ3v) is 3.49. The van der Waals surface area contributed by atoms with Crippen LogP contribution in [0.4, 0.5) is 5.69 Å². The summed E-state index contributed by atoms with van der Waals surface area (Å²) in [4.78, 5) is 28.5. The average molecular weight is 312 g/mol. The molecule has 2 heterocycles. The molecule has 23 heavy (non-hydrogen) atoms. The second-order valence-electron chi connectivity index (χ2n) is 5.03. The van der Waals surface area contributed by atoms with Gasteiger partial charge in [0.25, 0.3) is 5.91 Å². The second-order valence-corrected chi connectivity index (χ2v) is 5.03. The third-order valence-electron chi connectivity index (χ3n) is 3.49. The van der Waals surface area contributed by atoms with E-state index in [1.165, 1.54) is 0 Å². The Morgan fingerprint density at radius 2 is 2.17 bits per heavy atom. The molecule has 0 radical (unpaired) electrons. The highest BCUT2D eigenvalue weighted by Crippen LogP contribution is 2.24. The molecule has 0 bridgehead atoms. The number of hydrogen-bond donors (Lipinski definition) is 1. The number of aromatic nitrogens is 1.